The largest absolute Gasteiger partial charge is 0.457 e. The van der Waals surface area contributed by atoms with E-state index in [-0.39, 0.29) is 55.7 Å². The fourth-order valence-electron chi connectivity index (χ4n) is 5.52. The van der Waals surface area contributed by atoms with E-state index >= 15 is 0 Å². The monoisotopic (exact) mass is 608 g/mol. The normalized spacial score (nSPS) is 34.3. The van der Waals surface area contributed by atoms with Crippen molar-refractivity contribution in [1.29, 1.82) is 0 Å². The molecule has 1 fully saturated rings. The smallest absolute Gasteiger partial charge is 0.309 e. The summed E-state index contributed by atoms with van der Waals surface area (Å²) in [5.41, 5.74) is -1.87. The molecule has 0 aromatic rings. The maximum Gasteiger partial charge on any atom is 0.309 e. The number of ether oxygens (including phenoxy) is 3. The molecule has 2 rings (SSSR count). The summed E-state index contributed by atoms with van der Waals surface area (Å²) in [7, 11) is 0. The molecule has 2 aliphatic heterocycles. The maximum absolute atomic E-state index is 12.7. The molecule has 9 nitrogen and oxygen atoms in total. The minimum absolute atomic E-state index is 0.00589. The molecule has 0 amide bonds. The van der Waals surface area contributed by atoms with Gasteiger partial charge in [0.25, 0.3) is 0 Å². The van der Waals surface area contributed by atoms with Gasteiger partial charge < -0.3 is 34.6 Å². The number of aliphatic hydroxyl groups is 4. The first-order chi connectivity index (χ1) is 20.1. The fraction of sp³-hybridized carbons (Fsp3) is 0.765. The third-order valence-corrected chi connectivity index (χ3v) is 8.61. The first-order valence-corrected chi connectivity index (χ1v) is 16.0. The number of epoxide rings is 1. The van der Waals surface area contributed by atoms with Crippen LogP contribution in [0.1, 0.15) is 106 Å². The summed E-state index contributed by atoms with van der Waals surface area (Å²) in [5.74, 6) is -1.30. The minimum atomic E-state index is -1.44. The molecule has 0 bridgehead atoms. The lowest BCUT2D eigenvalue weighted by Crippen LogP contribution is -2.42. The highest BCUT2D eigenvalue weighted by atomic mass is 16.6. The van der Waals surface area contributed by atoms with Crippen LogP contribution in [0.5, 0.6) is 0 Å². The van der Waals surface area contributed by atoms with E-state index in [1.165, 1.54) is 0 Å². The lowest BCUT2D eigenvalue weighted by molar-refractivity contribution is -0.159. The quantitative estimate of drug-likeness (QED) is 0.0768. The summed E-state index contributed by atoms with van der Waals surface area (Å²) in [4.78, 5) is 25.3. The number of esters is 2. The molecule has 43 heavy (non-hydrogen) atoms. The third-order valence-electron chi connectivity index (χ3n) is 8.61. The van der Waals surface area contributed by atoms with E-state index in [9.17, 15) is 30.0 Å². The Kier molecular flexibility index (Phi) is 14.6. The minimum Gasteiger partial charge on any atom is -0.457 e. The molecule has 246 valence electrons. The zero-order valence-electron chi connectivity index (χ0n) is 27.2. The lowest BCUT2D eigenvalue weighted by Gasteiger charge is -2.32. The molecular weight excluding hydrogens is 552 g/mol. The fourth-order valence-corrected chi connectivity index (χ4v) is 5.52. The number of hydrogen-bond acceptors (Lipinski definition) is 9. The van der Waals surface area contributed by atoms with Crippen molar-refractivity contribution in [3.63, 3.8) is 0 Å². The summed E-state index contributed by atoms with van der Waals surface area (Å²) < 4.78 is 17.2. The standard InChI is InChI=1S/C34H56O9/c1-8-10-11-14-29(37)42-28-16-15-23(4)31(43-30(38)20-25(35)17-19-34(28,7)40)22(3)13-12-18-33(6,39)21-27-32(41-27)24(5)26(36)9-2/h12-13,15-16,18,23-28,31-32,35-36,39-40H,8-11,14,17,19-21H2,1-7H3/b16-15-,18-12+,22-13+. The third kappa shape index (κ3) is 12.5. The Morgan fingerprint density at radius 1 is 1.28 bits per heavy atom. The average Bonchev–Trinajstić information content (AvgIpc) is 3.69. The molecule has 0 spiro atoms. The van der Waals surface area contributed by atoms with Crippen molar-refractivity contribution in [2.75, 3.05) is 0 Å². The van der Waals surface area contributed by atoms with Gasteiger partial charge in [-0.05, 0) is 58.1 Å². The van der Waals surface area contributed by atoms with E-state index in [0.717, 1.165) is 12.8 Å². The van der Waals surface area contributed by atoms with Crippen LogP contribution < -0.4 is 0 Å². The van der Waals surface area contributed by atoms with Crippen molar-refractivity contribution in [3.05, 3.63) is 36.0 Å². The van der Waals surface area contributed by atoms with Crippen molar-refractivity contribution in [2.45, 2.75) is 154 Å². The molecule has 0 aromatic heterocycles. The highest BCUT2D eigenvalue weighted by Crippen LogP contribution is 2.37. The van der Waals surface area contributed by atoms with Gasteiger partial charge in [-0.2, -0.15) is 0 Å². The van der Waals surface area contributed by atoms with E-state index in [1.807, 2.05) is 27.7 Å². The van der Waals surface area contributed by atoms with Crippen molar-refractivity contribution in [2.24, 2.45) is 11.8 Å². The van der Waals surface area contributed by atoms with Gasteiger partial charge in [0, 0.05) is 24.7 Å². The second-order valence-electron chi connectivity index (χ2n) is 13.1. The molecule has 0 saturated carbocycles. The van der Waals surface area contributed by atoms with E-state index < -0.39 is 41.6 Å². The second-order valence-corrected chi connectivity index (χ2v) is 13.1. The number of aliphatic hydroxyl groups excluding tert-OH is 2. The first-order valence-electron chi connectivity index (χ1n) is 16.0. The van der Waals surface area contributed by atoms with Crippen LogP contribution in [0, 0.1) is 11.8 Å². The van der Waals surface area contributed by atoms with Gasteiger partial charge >= 0.3 is 11.9 Å². The Balaban J connectivity index is 2.19. The number of rotatable bonds is 13. The summed E-state index contributed by atoms with van der Waals surface area (Å²) in [6.07, 6.45) is 9.23. The Bertz CT molecular complexity index is 982. The van der Waals surface area contributed by atoms with Gasteiger partial charge in [-0.1, -0.05) is 64.8 Å². The maximum atomic E-state index is 12.7. The van der Waals surface area contributed by atoms with Crippen LogP contribution in [0.3, 0.4) is 0 Å². The Labute approximate surface area is 258 Å². The van der Waals surface area contributed by atoms with Crippen LogP contribution in [-0.2, 0) is 23.8 Å². The Morgan fingerprint density at radius 2 is 1.98 bits per heavy atom. The van der Waals surface area contributed by atoms with E-state index in [4.69, 9.17) is 14.2 Å². The predicted octanol–water partition coefficient (Wildman–Crippen LogP) is 4.70. The van der Waals surface area contributed by atoms with Crippen LogP contribution in [-0.4, -0.2) is 80.2 Å². The highest BCUT2D eigenvalue weighted by Gasteiger charge is 2.47. The van der Waals surface area contributed by atoms with Crippen molar-refractivity contribution in [1.82, 2.24) is 0 Å². The number of hydrogen-bond donors (Lipinski definition) is 4. The number of carbonyl (C=O) groups excluding carboxylic acids is 2. The van der Waals surface area contributed by atoms with Gasteiger partial charge in [-0.3, -0.25) is 9.59 Å². The zero-order valence-corrected chi connectivity index (χ0v) is 27.2. The molecule has 0 aromatic carbocycles. The molecule has 10 atom stereocenters. The molecule has 2 heterocycles. The van der Waals surface area contributed by atoms with Crippen LogP contribution in [0.2, 0.25) is 0 Å². The van der Waals surface area contributed by atoms with Gasteiger partial charge in [-0.15, -0.1) is 0 Å². The second kappa shape index (κ2) is 16.9. The summed E-state index contributed by atoms with van der Waals surface area (Å²) in [6.45, 7) is 12.9. The summed E-state index contributed by atoms with van der Waals surface area (Å²) >= 11 is 0. The Morgan fingerprint density at radius 3 is 2.63 bits per heavy atom. The number of carbonyl (C=O) groups is 2. The van der Waals surface area contributed by atoms with Gasteiger partial charge in [0.05, 0.1) is 36.4 Å². The van der Waals surface area contributed by atoms with E-state index in [2.05, 4.69) is 6.92 Å². The highest BCUT2D eigenvalue weighted by molar-refractivity contribution is 5.70. The SMILES string of the molecule is CCCCCC(=O)OC1/C=C\C(C)C(/C(C)=C/C=C/C(C)(O)CC2OC2C(C)C(O)CC)OC(=O)CC(O)CCC1(C)O. The van der Waals surface area contributed by atoms with Crippen LogP contribution in [0.25, 0.3) is 0 Å². The average molecular weight is 609 g/mol. The van der Waals surface area contributed by atoms with Crippen molar-refractivity contribution >= 4 is 11.9 Å². The van der Waals surface area contributed by atoms with Gasteiger partial charge in [0.2, 0.25) is 0 Å². The zero-order chi connectivity index (χ0) is 32.4. The molecule has 10 unspecified atom stereocenters. The molecule has 0 radical (unpaired) electrons. The van der Waals surface area contributed by atoms with Crippen molar-refractivity contribution < 1.29 is 44.2 Å². The van der Waals surface area contributed by atoms with Gasteiger partial charge in [0.1, 0.15) is 17.8 Å². The number of allylic oxidation sites excluding steroid dienone is 2. The predicted molar refractivity (Wildman–Crippen MR) is 165 cm³/mol. The topological polar surface area (TPSA) is 146 Å². The van der Waals surface area contributed by atoms with Gasteiger partial charge in [0.15, 0.2) is 0 Å². The van der Waals surface area contributed by atoms with E-state index in [1.54, 1.807) is 44.2 Å². The molecular formula is C34H56O9. The number of unbranched alkanes of at least 4 members (excludes halogenated alkanes) is 2. The van der Waals surface area contributed by atoms with Crippen LogP contribution in [0.4, 0.5) is 0 Å². The Hall–Kier alpha value is -2.04. The van der Waals surface area contributed by atoms with E-state index in [0.29, 0.717) is 24.8 Å². The molecule has 1 saturated heterocycles. The molecule has 0 aliphatic carbocycles. The first kappa shape index (κ1) is 37.1. The molecule has 9 heteroatoms. The lowest BCUT2D eigenvalue weighted by atomic mass is 9.88. The van der Waals surface area contributed by atoms with Crippen LogP contribution in [0.15, 0.2) is 36.0 Å². The summed E-state index contributed by atoms with van der Waals surface area (Å²) in [5, 5.41) is 42.7. The molecule has 4 N–H and O–H groups in total. The summed E-state index contributed by atoms with van der Waals surface area (Å²) in [6, 6.07) is 0. The van der Waals surface area contributed by atoms with Gasteiger partial charge in [-0.25, -0.2) is 0 Å². The van der Waals surface area contributed by atoms with Crippen LogP contribution >= 0.6 is 0 Å². The van der Waals surface area contributed by atoms with Crippen molar-refractivity contribution in [3.8, 4) is 0 Å². The number of cyclic esters (lactones) is 1. The molecule has 2 aliphatic rings.